The van der Waals surface area contributed by atoms with Gasteiger partial charge in [0.15, 0.2) is 0 Å². The Morgan fingerprint density at radius 2 is 1.55 bits per heavy atom. The lowest BCUT2D eigenvalue weighted by molar-refractivity contribution is -0.0566. The molecule has 2 aliphatic heterocycles. The number of nitrogens with two attached hydrogens (primary N) is 1. The maximum atomic E-state index is 13.0. The van der Waals surface area contributed by atoms with E-state index < -0.39 is 34.6 Å². The molecule has 2 aromatic rings. The summed E-state index contributed by atoms with van der Waals surface area (Å²) in [4.78, 5) is 28.1. The summed E-state index contributed by atoms with van der Waals surface area (Å²) >= 11 is 0. The summed E-state index contributed by atoms with van der Waals surface area (Å²) in [6.07, 6.45) is 0.807. The summed E-state index contributed by atoms with van der Waals surface area (Å²) in [5.74, 6) is 0. The van der Waals surface area contributed by atoms with Gasteiger partial charge in [0.2, 0.25) is 0 Å². The number of rotatable bonds is 8. The molecule has 0 amide bonds. The van der Waals surface area contributed by atoms with Crippen molar-refractivity contribution in [3.8, 4) is 0 Å². The quantitative estimate of drug-likeness (QED) is 0.290. The predicted octanol–water partition coefficient (Wildman–Crippen LogP) is 4.97. The van der Waals surface area contributed by atoms with Gasteiger partial charge in [0.25, 0.3) is 5.56 Å². The van der Waals surface area contributed by atoms with Gasteiger partial charge in [-0.15, -0.1) is 0 Å². The standard InChI is InChI=1S/C28H46N4O6Si2/c1-17(2)39(18(3)4)35-16-25-24(37-40(38-39,19(5)6)20(7)8)13-26(36-25)32-15-21(27(33)31-28(32)34)14-30-23-11-9-22(29)10-12-23/h9-12,15,17-20,24-26,30H,13-14,16,29H2,1-8H3,(H,31,33,34)/t24-,25+,26+/m0/s1. The molecule has 222 valence electrons. The molecule has 10 nitrogen and oxygen atoms in total. The van der Waals surface area contributed by atoms with Crippen molar-refractivity contribution in [3.05, 3.63) is 56.9 Å². The molecule has 12 heteroatoms. The number of hydrogen-bond acceptors (Lipinski definition) is 8. The fourth-order valence-corrected chi connectivity index (χ4v) is 17.2. The fraction of sp³-hybridized carbons (Fsp3) is 0.643. The van der Waals surface area contributed by atoms with Gasteiger partial charge in [0, 0.05) is 30.5 Å². The Morgan fingerprint density at radius 1 is 0.950 bits per heavy atom. The van der Waals surface area contributed by atoms with E-state index in [1.54, 1.807) is 18.3 Å². The zero-order valence-electron chi connectivity index (χ0n) is 25.0. The van der Waals surface area contributed by atoms with Gasteiger partial charge < -0.3 is 28.8 Å². The van der Waals surface area contributed by atoms with Crippen LogP contribution in [0.5, 0.6) is 0 Å². The van der Waals surface area contributed by atoms with Crippen LogP contribution in [0.25, 0.3) is 0 Å². The molecule has 0 bridgehead atoms. The second kappa shape index (κ2) is 11.9. The van der Waals surface area contributed by atoms with Crippen molar-refractivity contribution in [2.75, 3.05) is 17.7 Å². The lowest BCUT2D eigenvalue weighted by atomic mass is 10.2. The molecule has 2 saturated heterocycles. The molecular weight excluding hydrogens is 545 g/mol. The van der Waals surface area contributed by atoms with Crippen molar-refractivity contribution in [1.82, 2.24) is 9.55 Å². The minimum absolute atomic E-state index is 0.195. The third kappa shape index (κ3) is 5.88. The molecule has 4 N–H and O–H groups in total. The maximum Gasteiger partial charge on any atom is 0.335 e. The molecule has 0 aliphatic carbocycles. The molecule has 0 spiro atoms. The van der Waals surface area contributed by atoms with E-state index in [-0.39, 0.29) is 40.9 Å². The minimum atomic E-state index is -2.79. The highest BCUT2D eigenvalue weighted by atomic mass is 28.5. The number of nitrogens with one attached hydrogen (secondary N) is 2. The van der Waals surface area contributed by atoms with Gasteiger partial charge in [-0.2, -0.15) is 0 Å². The smallest absolute Gasteiger partial charge is 0.335 e. The van der Waals surface area contributed by atoms with Gasteiger partial charge in [0.05, 0.1) is 18.3 Å². The van der Waals surface area contributed by atoms with Crippen LogP contribution in [0.15, 0.2) is 40.1 Å². The molecule has 0 radical (unpaired) electrons. The van der Waals surface area contributed by atoms with Crippen LogP contribution < -0.4 is 22.3 Å². The van der Waals surface area contributed by atoms with Crippen molar-refractivity contribution in [2.24, 2.45) is 0 Å². The van der Waals surface area contributed by atoms with Gasteiger partial charge >= 0.3 is 22.8 Å². The Labute approximate surface area is 239 Å². The van der Waals surface area contributed by atoms with Crippen LogP contribution in [0.4, 0.5) is 11.4 Å². The molecule has 0 unspecified atom stereocenters. The Balaban J connectivity index is 1.64. The Hall–Kier alpha value is -2.23. The van der Waals surface area contributed by atoms with E-state index in [1.165, 1.54) is 4.57 Å². The van der Waals surface area contributed by atoms with Crippen molar-refractivity contribution in [2.45, 2.75) is 109 Å². The number of aromatic amines is 1. The van der Waals surface area contributed by atoms with E-state index in [1.807, 2.05) is 12.1 Å². The number of hydrogen-bond donors (Lipinski definition) is 3. The number of H-pyrrole nitrogens is 1. The van der Waals surface area contributed by atoms with Gasteiger partial charge in [-0.25, -0.2) is 4.79 Å². The largest absolute Gasteiger partial charge is 0.414 e. The first-order chi connectivity index (χ1) is 18.8. The monoisotopic (exact) mass is 590 g/mol. The molecule has 4 rings (SSSR count). The summed E-state index contributed by atoms with van der Waals surface area (Å²) in [6.45, 7) is 18.0. The van der Waals surface area contributed by atoms with Gasteiger partial charge in [-0.1, -0.05) is 55.4 Å². The van der Waals surface area contributed by atoms with E-state index in [0.717, 1.165) is 5.69 Å². The number of benzene rings is 1. The van der Waals surface area contributed by atoms with Crippen molar-refractivity contribution < 1.29 is 17.7 Å². The predicted molar refractivity (Wildman–Crippen MR) is 162 cm³/mol. The van der Waals surface area contributed by atoms with Gasteiger partial charge in [-0.3, -0.25) is 14.3 Å². The average Bonchev–Trinajstić information content (AvgIpc) is 3.25. The van der Waals surface area contributed by atoms with E-state index in [4.69, 9.17) is 23.4 Å². The Kier molecular flexibility index (Phi) is 9.17. The van der Waals surface area contributed by atoms with Crippen LogP contribution in [-0.4, -0.2) is 45.5 Å². The summed E-state index contributed by atoms with van der Waals surface area (Å²) in [5.41, 5.74) is 7.57. The van der Waals surface area contributed by atoms with Crippen LogP contribution >= 0.6 is 0 Å². The van der Waals surface area contributed by atoms with E-state index >= 15 is 0 Å². The molecule has 3 atom stereocenters. The fourth-order valence-electron chi connectivity index (χ4n) is 5.97. The minimum Gasteiger partial charge on any atom is -0.414 e. The Bertz CT molecular complexity index is 1260. The van der Waals surface area contributed by atoms with Crippen molar-refractivity contribution in [1.29, 1.82) is 0 Å². The third-order valence-corrected chi connectivity index (χ3v) is 18.6. The molecule has 0 saturated carbocycles. The number of nitrogen functional groups attached to an aromatic ring is 1. The first-order valence-corrected chi connectivity index (χ1v) is 18.3. The number of anilines is 2. The van der Waals surface area contributed by atoms with E-state index in [9.17, 15) is 9.59 Å². The summed E-state index contributed by atoms with van der Waals surface area (Å²) in [6, 6.07) is 7.25. The van der Waals surface area contributed by atoms with E-state index in [2.05, 4.69) is 65.7 Å². The lowest BCUT2D eigenvalue weighted by Gasteiger charge is -2.51. The highest BCUT2D eigenvalue weighted by molar-refractivity contribution is 6.83. The molecule has 2 fully saturated rings. The number of ether oxygens (including phenoxy) is 1. The van der Waals surface area contributed by atoms with Crippen LogP contribution in [0.3, 0.4) is 0 Å². The first kappa shape index (κ1) is 30.7. The highest BCUT2D eigenvalue weighted by Gasteiger charge is 2.60. The zero-order valence-corrected chi connectivity index (χ0v) is 27.0. The second-order valence-electron chi connectivity index (χ2n) is 12.3. The van der Waals surface area contributed by atoms with Crippen LogP contribution in [0, 0.1) is 0 Å². The summed E-state index contributed by atoms with van der Waals surface area (Å²) in [5, 5.41) is 3.22. The molecular formula is C28H46N4O6Si2. The zero-order chi connectivity index (χ0) is 29.4. The third-order valence-electron chi connectivity index (χ3n) is 8.27. The number of nitrogens with zero attached hydrogens (tertiary/aromatic N) is 1. The normalized spacial score (nSPS) is 24.4. The van der Waals surface area contributed by atoms with Crippen LogP contribution in [-0.2, 0) is 24.2 Å². The topological polar surface area (TPSA) is 130 Å². The SMILES string of the molecule is CC(C)[Si]1(C(C)C)OC[C@H]2O[C@@H](n3cc(CNc4ccc(N)cc4)c(=O)[nH]c3=O)C[C@@H]2O[Si](C(C)C)(C(C)C)O1. The molecule has 1 aromatic heterocycles. The average molecular weight is 591 g/mol. The van der Waals surface area contributed by atoms with Crippen molar-refractivity contribution >= 4 is 28.5 Å². The summed E-state index contributed by atoms with van der Waals surface area (Å²) in [7, 11) is -5.48. The summed E-state index contributed by atoms with van der Waals surface area (Å²) < 4.78 is 29.1. The van der Waals surface area contributed by atoms with Crippen molar-refractivity contribution in [3.63, 3.8) is 0 Å². The molecule has 2 aliphatic rings. The highest BCUT2D eigenvalue weighted by Crippen LogP contribution is 2.48. The number of aromatic nitrogens is 2. The van der Waals surface area contributed by atoms with Gasteiger partial charge in [0.1, 0.15) is 12.3 Å². The lowest BCUT2D eigenvalue weighted by Crippen LogP contribution is -2.65. The molecule has 1 aromatic carbocycles. The molecule has 40 heavy (non-hydrogen) atoms. The van der Waals surface area contributed by atoms with Crippen LogP contribution in [0.1, 0.15) is 73.6 Å². The van der Waals surface area contributed by atoms with Crippen LogP contribution in [0.2, 0.25) is 22.2 Å². The first-order valence-electron chi connectivity index (χ1n) is 14.4. The molecule has 3 heterocycles. The second-order valence-corrected chi connectivity index (χ2v) is 21.1. The maximum absolute atomic E-state index is 13.0. The van der Waals surface area contributed by atoms with Gasteiger partial charge in [-0.05, 0) is 46.4 Å². The van der Waals surface area contributed by atoms with E-state index in [0.29, 0.717) is 24.3 Å². The Morgan fingerprint density at radius 3 is 2.12 bits per heavy atom. The number of fused-ring (bicyclic) bond motifs is 1.